The summed E-state index contributed by atoms with van der Waals surface area (Å²) in [4.78, 5) is 40.8. The first-order valence-corrected chi connectivity index (χ1v) is 14.9. The lowest BCUT2D eigenvalue weighted by atomic mass is 9.93. The average molecular weight is 635 g/mol. The van der Waals surface area contributed by atoms with E-state index in [2.05, 4.69) is 30.5 Å². The molecule has 1 saturated heterocycles. The molecule has 1 aromatic carbocycles. The molecule has 1 atom stereocenters. The monoisotopic (exact) mass is 633 g/mol. The Morgan fingerprint density at radius 1 is 1.23 bits per heavy atom. The van der Waals surface area contributed by atoms with E-state index in [1.54, 1.807) is 11.8 Å². The number of nitrogens with two attached hydrogens (primary N) is 2. The Balaban J connectivity index is 1.23. The number of ether oxygens (including phenoxy) is 3. The fourth-order valence-electron chi connectivity index (χ4n) is 4.85. The molecule has 1 amide bonds. The van der Waals surface area contributed by atoms with Crippen LogP contribution in [0.1, 0.15) is 39.0 Å². The molecule has 2 aromatic heterocycles. The SMILES string of the molecule is C[C@H](OC(=O)CCCN)C(=O)N1CCC(CCn2c(Sc3cc4c(cc3Br)OCO4)nc3c(N)ncnc32)CC1. The molecule has 0 radical (unpaired) electrons. The predicted molar refractivity (Wildman–Crippen MR) is 152 cm³/mol. The molecule has 0 bridgehead atoms. The van der Waals surface area contributed by atoms with Gasteiger partial charge in [0.15, 0.2) is 39.7 Å². The number of hydrogen-bond acceptors (Lipinski definition) is 11. The van der Waals surface area contributed by atoms with E-state index in [9.17, 15) is 9.59 Å². The van der Waals surface area contributed by atoms with Crippen molar-refractivity contribution in [3.8, 4) is 11.5 Å². The van der Waals surface area contributed by atoms with E-state index < -0.39 is 6.10 Å². The number of amides is 1. The van der Waals surface area contributed by atoms with Gasteiger partial charge in [0, 0.05) is 35.4 Å². The van der Waals surface area contributed by atoms with Crippen molar-refractivity contribution >= 4 is 56.6 Å². The number of aryl methyl sites for hydroxylation is 1. The highest BCUT2D eigenvalue weighted by molar-refractivity contribution is 9.10. The Morgan fingerprint density at radius 3 is 2.73 bits per heavy atom. The Labute approximate surface area is 244 Å². The molecule has 214 valence electrons. The van der Waals surface area contributed by atoms with Crippen LogP contribution in [0.15, 0.2) is 33.0 Å². The van der Waals surface area contributed by atoms with Gasteiger partial charge in [0.2, 0.25) is 6.79 Å². The smallest absolute Gasteiger partial charge is 0.306 e. The van der Waals surface area contributed by atoms with E-state index in [1.807, 2.05) is 12.1 Å². The summed E-state index contributed by atoms with van der Waals surface area (Å²) >= 11 is 5.12. The van der Waals surface area contributed by atoms with Gasteiger partial charge < -0.3 is 35.1 Å². The molecule has 2 aliphatic rings. The molecule has 1 fully saturated rings. The van der Waals surface area contributed by atoms with Crippen molar-refractivity contribution in [2.45, 2.75) is 61.7 Å². The second kappa shape index (κ2) is 12.6. The molecule has 12 nitrogen and oxygen atoms in total. The summed E-state index contributed by atoms with van der Waals surface area (Å²) < 4.78 is 19.3. The molecule has 4 heterocycles. The molecule has 4 N–H and O–H groups in total. The summed E-state index contributed by atoms with van der Waals surface area (Å²) in [6.45, 7) is 4.18. The van der Waals surface area contributed by atoms with Crippen molar-refractivity contribution in [2.75, 3.05) is 32.2 Å². The highest BCUT2D eigenvalue weighted by atomic mass is 79.9. The molecule has 0 saturated carbocycles. The molecule has 3 aromatic rings. The van der Waals surface area contributed by atoms with Crippen LogP contribution in [0.25, 0.3) is 11.2 Å². The van der Waals surface area contributed by atoms with Gasteiger partial charge in [-0.05, 0) is 73.1 Å². The third-order valence-electron chi connectivity index (χ3n) is 7.08. The molecule has 14 heteroatoms. The summed E-state index contributed by atoms with van der Waals surface area (Å²) in [5.74, 6) is 1.59. The third-order valence-corrected chi connectivity index (χ3v) is 9.05. The molecular weight excluding hydrogens is 602 g/mol. The van der Waals surface area contributed by atoms with Crippen LogP contribution in [-0.2, 0) is 20.9 Å². The van der Waals surface area contributed by atoms with Gasteiger partial charge >= 0.3 is 5.97 Å². The van der Waals surface area contributed by atoms with Crippen LogP contribution in [-0.4, -0.2) is 68.8 Å². The van der Waals surface area contributed by atoms with Crippen LogP contribution in [0.4, 0.5) is 5.82 Å². The quantitative estimate of drug-likeness (QED) is 0.315. The zero-order valence-corrected chi connectivity index (χ0v) is 24.6. The first-order chi connectivity index (χ1) is 19.3. The first-order valence-electron chi connectivity index (χ1n) is 13.3. The molecule has 0 spiro atoms. The summed E-state index contributed by atoms with van der Waals surface area (Å²) in [6.07, 6.45) is 4.04. The number of hydrogen-bond donors (Lipinski definition) is 2. The number of likely N-dealkylation sites (tertiary alicyclic amines) is 1. The topological polar surface area (TPSA) is 161 Å². The minimum atomic E-state index is -0.792. The number of fused-ring (bicyclic) bond motifs is 2. The maximum Gasteiger partial charge on any atom is 0.306 e. The lowest BCUT2D eigenvalue weighted by Gasteiger charge is -2.33. The number of nitrogens with zero attached hydrogens (tertiary/aromatic N) is 5. The highest BCUT2D eigenvalue weighted by Crippen LogP contribution is 2.43. The van der Waals surface area contributed by atoms with Crippen LogP contribution in [0.2, 0.25) is 0 Å². The molecule has 0 unspecified atom stereocenters. The van der Waals surface area contributed by atoms with Gasteiger partial charge in [-0.1, -0.05) is 11.8 Å². The van der Waals surface area contributed by atoms with Gasteiger partial charge in [-0.3, -0.25) is 9.59 Å². The van der Waals surface area contributed by atoms with Gasteiger partial charge in [0.25, 0.3) is 5.91 Å². The second-order valence-electron chi connectivity index (χ2n) is 9.80. The van der Waals surface area contributed by atoms with Gasteiger partial charge in [0.1, 0.15) is 6.33 Å². The van der Waals surface area contributed by atoms with Crippen molar-refractivity contribution in [1.82, 2.24) is 24.4 Å². The van der Waals surface area contributed by atoms with Gasteiger partial charge in [-0.25, -0.2) is 15.0 Å². The first kappa shape index (κ1) is 28.4. The van der Waals surface area contributed by atoms with E-state index in [-0.39, 0.29) is 25.1 Å². The van der Waals surface area contributed by atoms with Crippen LogP contribution in [0, 0.1) is 5.92 Å². The summed E-state index contributed by atoms with van der Waals surface area (Å²) in [7, 11) is 0. The minimum Gasteiger partial charge on any atom is -0.454 e. The number of piperidine rings is 1. The predicted octanol–water partition coefficient (Wildman–Crippen LogP) is 3.35. The fraction of sp³-hybridized carbons (Fsp3) is 0.500. The minimum absolute atomic E-state index is 0.152. The number of anilines is 1. The second-order valence-corrected chi connectivity index (χ2v) is 11.7. The van der Waals surface area contributed by atoms with Crippen LogP contribution >= 0.6 is 27.7 Å². The molecule has 5 rings (SSSR count). The van der Waals surface area contributed by atoms with Crippen LogP contribution in [0.5, 0.6) is 11.5 Å². The third kappa shape index (κ3) is 6.28. The summed E-state index contributed by atoms with van der Waals surface area (Å²) in [6, 6.07) is 3.82. The van der Waals surface area contributed by atoms with E-state index in [1.165, 1.54) is 18.1 Å². The number of benzene rings is 1. The zero-order chi connectivity index (χ0) is 28.2. The van der Waals surface area contributed by atoms with Crippen molar-refractivity contribution in [3.05, 3.63) is 22.9 Å². The maximum atomic E-state index is 12.8. The Morgan fingerprint density at radius 2 is 1.98 bits per heavy atom. The van der Waals surface area contributed by atoms with Crippen LogP contribution < -0.4 is 20.9 Å². The van der Waals surface area contributed by atoms with E-state index in [4.69, 9.17) is 30.7 Å². The number of esters is 1. The Kier molecular flexibility index (Phi) is 8.96. The lowest BCUT2D eigenvalue weighted by molar-refractivity contribution is -0.159. The number of rotatable bonds is 10. The zero-order valence-electron chi connectivity index (χ0n) is 22.2. The molecular formula is C26H32BrN7O5S. The number of aromatic nitrogens is 4. The number of carbonyl (C=O) groups excluding carboxylic acids is 2. The normalized spacial score (nSPS) is 15.9. The van der Waals surface area contributed by atoms with E-state index in [0.29, 0.717) is 67.0 Å². The van der Waals surface area contributed by atoms with Gasteiger partial charge in [-0.2, -0.15) is 0 Å². The largest absolute Gasteiger partial charge is 0.454 e. The number of carbonyl (C=O) groups is 2. The standard InChI is InChI=1S/C26H32BrN7O5S/c1-15(39-21(35)3-2-7-28)25(36)33-8-4-16(5-9-33)6-10-34-24-22(23(29)30-13-31-24)32-26(34)40-20-12-19-18(11-17(20)27)37-14-38-19/h11-13,15-16H,2-10,14,28H2,1H3,(H2,29,30,31)/t15-/m0/s1. The lowest BCUT2D eigenvalue weighted by Crippen LogP contribution is -2.44. The Hall–Kier alpha value is -3.10. The molecule has 2 aliphatic heterocycles. The average Bonchev–Trinajstić information content (AvgIpc) is 3.55. The highest BCUT2D eigenvalue weighted by Gasteiger charge is 2.28. The fourth-order valence-corrected chi connectivity index (χ4v) is 6.36. The molecule has 0 aliphatic carbocycles. The van der Waals surface area contributed by atoms with Crippen molar-refractivity contribution in [3.63, 3.8) is 0 Å². The van der Waals surface area contributed by atoms with Gasteiger partial charge in [-0.15, -0.1) is 0 Å². The Bertz CT molecular complexity index is 1400. The number of halogens is 1. The van der Waals surface area contributed by atoms with Crippen molar-refractivity contribution < 1.29 is 23.8 Å². The van der Waals surface area contributed by atoms with Crippen LogP contribution in [0.3, 0.4) is 0 Å². The van der Waals surface area contributed by atoms with Crippen molar-refractivity contribution in [2.24, 2.45) is 11.7 Å². The summed E-state index contributed by atoms with van der Waals surface area (Å²) in [5.41, 5.74) is 12.8. The summed E-state index contributed by atoms with van der Waals surface area (Å²) in [5, 5.41) is 0.750. The van der Waals surface area contributed by atoms with Crippen molar-refractivity contribution in [1.29, 1.82) is 0 Å². The van der Waals surface area contributed by atoms with E-state index in [0.717, 1.165) is 33.8 Å². The molecule has 40 heavy (non-hydrogen) atoms. The van der Waals surface area contributed by atoms with Gasteiger partial charge in [0.05, 0.1) is 0 Å². The maximum absolute atomic E-state index is 12.8. The number of nitrogen functional groups attached to an aromatic ring is 1. The van der Waals surface area contributed by atoms with E-state index >= 15 is 0 Å². The number of imidazole rings is 1.